The number of carbonyl (C=O) groups excluding carboxylic acids is 1. The fraction of sp³-hybridized carbons (Fsp3) is 0.500. The molecule has 1 aromatic rings. The predicted octanol–water partition coefficient (Wildman–Crippen LogP) is 2.41. The maximum Gasteiger partial charge on any atom is 0.293 e. The van der Waals surface area contributed by atoms with Gasteiger partial charge in [0, 0.05) is 43.1 Å². The highest BCUT2D eigenvalue weighted by Crippen LogP contribution is 2.31. The molecule has 0 aromatic heterocycles. The van der Waals surface area contributed by atoms with E-state index in [1.807, 2.05) is 4.90 Å². The molecular weight excluding hydrogens is 328 g/mol. The standard InChI is InChI=1S/C16H20N4O3S/c1-11-10-17-16(24-11)19-7-5-18(6-8-19)14-4-3-13(12(2)21)9-15(14)20(22)23/h3-4,9,11H,5-8,10H2,1-2H3. The van der Waals surface area contributed by atoms with Crippen molar-refractivity contribution in [2.75, 3.05) is 37.6 Å². The van der Waals surface area contributed by atoms with Crippen LogP contribution < -0.4 is 4.90 Å². The Morgan fingerprint density at radius 2 is 1.96 bits per heavy atom. The van der Waals surface area contributed by atoms with E-state index in [1.165, 1.54) is 13.0 Å². The molecule has 2 heterocycles. The van der Waals surface area contributed by atoms with Gasteiger partial charge in [0.1, 0.15) is 5.69 Å². The number of nitrogens with zero attached hydrogens (tertiary/aromatic N) is 4. The predicted molar refractivity (Wildman–Crippen MR) is 96.2 cm³/mol. The van der Waals surface area contributed by atoms with Crippen molar-refractivity contribution in [1.29, 1.82) is 0 Å². The number of ketones is 1. The Balaban J connectivity index is 1.74. The highest BCUT2D eigenvalue weighted by molar-refractivity contribution is 8.14. The Morgan fingerprint density at radius 3 is 2.50 bits per heavy atom. The van der Waals surface area contributed by atoms with Crippen LogP contribution in [0, 0.1) is 10.1 Å². The molecule has 1 fully saturated rings. The Hall–Kier alpha value is -2.09. The summed E-state index contributed by atoms with van der Waals surface area (Å²) in [4.78, 5) is 31.3. The second-order valence-electron chi connectivity index (χ2n) is 6.04. The largest absolute Gasteiger partial charge is 0.362 e. The number of hydrogen-bond donors (Lipinski definition) is 0. The van der Waals surface area contributed by atoms with Crippen LogP contribution in [0.4, 0.5) is 11.4 Å². The van der Waals surface area contributed by atoms with E-state index in [0.29, 0.717) is 29.6 Å². The summed E-state index contributed by atoms with van der Waals surface area (Å²) >= 11 is 1.79. The van der Waals surface area contributed by atoms with Gasteiger partial charge in [-0.2, -0.15) is 0 Å². The van der Waals surface area contributed by atoms with Gasteiger partial charge in [0.05, 0.1) is 11.5 Å². The second-order valence-corrected chi connectivity index (χ2v) is 7.45. The number of amidine groups is 1. The molecule has 8 heteroatoms. The molecule has 2 aliphatic rings. The zero-order valence-corrected chi connectivity index (χ0v) is 14.6. The third-order valence-electron chi connectivity index (χ3n) is 4.26. The molecule has 128 valence electrons. The van der Waals surface area contributed by atoms with E-state index in [0.717, 1.165) is 24.8 Å². The van der Waals surface area contributed by atoms with Gasteiger partial charge in [-0.05, 0) is 19.1 Å². The summed E-state index contributed by atoms with van der Waals surface area (Å²) in [6, 6.07) is 4.73. The maximum atomic E-state index is 11.5. The Kier molecular flexibility index (Phi) is 4.75. The van der Waals surface area contributed by atoms with Crippen LogP contribution in [0.5, 0.6) is 0 Å². The van der Waals surface area contributed by atoms with Gasteiger partial charge in [-0.25, -0.2) is 0 Å². The van der Waals surface area contributed by atoms with E-state index in [4.69, 9.17) is 0 Å². The number of Topliss-reactive ketones (excluding diaryl/α,β-unsaturated/α-hetero) is 1. The molecule has 24 heavy (non-hydrogen) atoms. The molecule has 0 bridgehead atoms. The van der Waals surface area contributed by atoms with E-state index in [9.17, 15) is 14.9 Å². The van der Waals surface area contributed by atoms with Gasteiger partial charge in [-0.3, -0.25) is 19.9 Å². The van der Waals surface area contributed by atoms with Crippen molar-refractivity contribution in [1.82, 2.24) is 4.90 Å². The van der Waals surface area contributed by atoms with Gasteiger partial charge < -0.3 is 9.80 Å². The van der Waals surface area contributed by atoms with Gasteiger partial charge in [-0.1, -0.05) is 18.7 Å². The number of aliphatic imine (C=N–C) groups is 1. The lowest BCUT2D eigenvalue weighted by Gasteiger charge is -2.36. The first-order valence-corrected chi connectivity index (χ1v) is 8.84. The van der Waals surface area contributed by atoms with Crippen LogP contribution in [0.3, 0.4) is 0 Å². The van der Waals surface area contributed by atoms with Crippen molar-refractivity contribution >= 4 is 34.1 Å². The summed E-state index contributed by atoms with van der Waals surface area (Å²) < 4.78 is 0. The third kappa shape index (κ3) is 3.38. The third-order valence-corrected chi connectivity index (χ3v) is 5.41. The maximum absolute atomic E-state index is 11.5. The molecule has 1 atom stereocenters. The highest BCUT2D eigenvalue weighted by atomic mass is 32.2. The number of hydrogen-bond acceptors (Lipinski definition) is 7. The number of benzene rings is 1. The van der Waals surface area contributed by atoms with Crippen molar-refractivity contribution in [2.45, 2.75) is 19.1 Å². The Bertz CT molecular complexity index is 699. The minimum Gasteiger partial charge on any atom is -0.362 e. The average Bonchev–Trinajstić information content (AvgIpc) is 3.01. The molecule has 0 N–H and O–H groups in total. The van der Waals surface area contributed by atoms with Crippen LogP contribution in [-0.2, 0) is 0 Å². The van der Waals surface area contributed by atoms with E-state index in [-0.39, 0.29) is 11.5 Å². The Labute approximate surface area is 144 Å². The lowest BCUT2D eigenvalue weighted by molar-refractivity contribution is -0.384. The quantitative estimate of drug-likeness (QED) is 0.474. The zero-order valence-electron chi connectivity index (χ0n) is 13.8. The van der Waals surface area contributed by atoms with Crippen LogP contribution in [0.1, 0.15) is 24.2 Å². The monoisotopic (exact) mass is 348 g/mol. The summed E-state index contributed by atoms with van der Waals surface area (Å²) in [5.41, 5.74) is 0.950. The van der Waals surface area contributed by atoms with Crippen LogP contribution in [0.15, 0.2) is 23.2 Å². The first-order valence-electron chi connectivity index (χ1n) is 7.96. The van der Waals surface area contributed by atoms with E-state index in [1.54, 1.807) is 23.9 Å². The number of piperazine rings is 1. The van der Waals surface area contributed by atoms with Gasteiger partial charge in [0.2, 0.25) is 0 Å². The molecule has 3 rings (SSSR count). The first-order chi connectivity index (χ1) is 11.5. The number of anilines is 1. The topological polar surface area (TPSA) is 79.0 Å². The fourth-order valence-corrected chi connectivity index (χ4v) is 3.92. The zero-order chi connectivity index (χ0) is 17.3. The molecule has 7 nitrogen and oxygen atoms in total. The van der Waals surface area contributed by atoms with E-state index >= 15 is 0 Å². The van der Waals surface area contributed by atoms with Crippen molar-refractivity contribution in [3.05, 3.63) is 33.9 Å². The van der Waals surface area contributed by atoms with Crippen LogP contribution in [0.2, 0.25) is 0 Å². The van der Waals surface area contributed by atoms with Crippen molar-refractivity contribution in [2.24, 2.45) is 4.99 Å². The SMILES string of the molecule is CC(=O)c1ccc(N2CCN(C3=NCC(C)S3)CC2)c([N+](=O)[O-])c1. The highest BCUT2D eigenvalue weighted by Gasteiger charge is 2.28. The minimum atomic E-state index is -0.410. The minimum absolute atomic E-state index is 0.00245. The molecule has 0 spiro atoms. The molecule has 1 unspecified atom stereocenters. The first kappa shape index (κ1) is 16.8. The second kappa shape index (κ2) is 6.80. The summed E-state index contributed by atoms with van der Waals surface area (Å²) in [6.07, 6.45) is 0. The summed E-state index contributed by atoms with van der Waals surface area (Å²) in [5.74, 6) is -0.167. The molecule has 0 saturated carbocycles. The number of nitro groups is 1. The summed E-state index contributed by atoms with van der Waals surface area (Å²) in [6.45, 7) is 7.44. The summed E-state index contributed by atoms with van der Waals surface area (Å²) in [7, 11) is 0. The molecule has 0 aliphatic carbocycles. The normalized spacial score (nSPS) is 20.9. The number of rotatable bonds is 3. The number of thioether (sulfide) groups is 1. The van der Waals surface area contributed by atoms with Crippen LogP contribution in [0.25, 0.3) is 0 Å². The molecule has 1 saturated heterocycles. The van der Waals surface area contributed by atoms with E-state index in [2.05, 4.69) is 16.8 Å². The smallest absolute Gasteiger partial charge is 0.293 e. The lowest BCUT2D eigenvalue weighted by Crippen LogP contribution is -2.48. The Morgan fingerprint density at radius 1 is 1.29 bits per heavy atom. The molecule has 0 radical (unpaired) electrons. The van der Waals surface area contributed by atoms with E-state index < -0.39 is 4.92 Å². The lowest BCUT2D eigenvalue weighted by atomic mass is 10.1. The summed E-state index contributed by atoms with van der Waals surface area (Å²) in [5, 5.41) is 13.0. The number of carbonyl (C=O) groups is 1. The van der Waals surface area contributed by atoms with Crippen LogP contribution >= 0.6 is 11.8 Å². The molecule has 1 aromatic carbocycles. The van der Waals surface area contributed by atoms with Crippen molar-refractivity contribution in [3.63, 3.8) is 0 Å². The van der Waals surface area contributed by atoms with Gasteiger partial charge in [0.15, 0.2) is 11.0 Å². The van der Waals surface area contributed by atoms with Gasteiger partial charge in [-0.15, -0.1) is 0 Å². The van der Waals surface area contributed by atoms with Gasteiger partial charge >= 0.3 is 0 Å². The fourth-order valence-electron chi connectivity index (χ4n) is 2.93. The average molecular weight is 348 g/mol. The van der Waals surface area contributed by atoms with Crippen LogP contribution in [-0.4, -0.2) is 58.7 Å². The molecular formula is C16H20N4O3S. The molecule has 2 aliphatic heterocycles. The molecule has 0 amide bonds. The van der Waals surface area contributed by atoms with Gasteiger partial charge in [0.25, 0.3) is 5.69 Å². The number of nitro benzene ring substituents is 1. The van der Waals surface area contributed by atoms with Crippen molar-refractivity contribution in [3.8, 4) is 0 Å². The van der Waals surface area contributed by atoms with Crippen molar-refractivity contribution < 1.29 is 9.72 Å².